The Morgan fingerprint density at radius 2 is 1.87 bits per heavy atom. The van der Waals surface area contributed by atoms with Crippen LogP contribution in [-0.4, -0.2) is 9.91 Å². The van der Waals surface area contributed by atoms with Crippen LogP contribution in [0.25, 0.3) is 11.6 Å². The number of pyridine rings is 1. The number of nitrogens with zero attached hydrogens (tertiary/aromatic N) is 3. The number of hydrogen-bond donors (Lipinski definition) is 0. The zero-order chi connectivity index (χ0) is 21.7. The van der Waals surface area contributed by atoms with E-state index in [0.717, 1.165) is 18.3 Å². The van der Waals surface area contributed by atoms with Crippen LogP contribution in [0.3, 0.4) is 0 Å². The number of aromatic nitrogens is 1. The van der Waals surface area contributed by atoms with Crippen molar-refractivity contribution >= 4 is 17.3 Å². The molecule has 3 aromatic rings. The van der Waals surface area contributed by atoms with E-state index >= 15 is 0 Å². The molecule has 0 aliphatic carbocycles. The molecule has 0 fully saturated rings. The average Bonchev–Trinajstić information content (AvgIpc) is 2.73. The number of rotatable bonds is 5. The highest BCUT2D eigenvalue weighted by atomic mass is 19.4. The van der Waals surface area contributed by atoms with Gasteiger partial charge in [0.25, 0.3) is 5.69 Å². The summed E-state index contributed by atoms with van der Waals surface area (Å²) in [6.45, 7) is 0. The van der Waals surface area contributed by atoms with Crippen molar-refractivity contribution in [3.8, 4) is 17.7 Å². The van der Waals surface area contributed by atoms with Gasteiger partial charge in [-0.2, -0.15) is 18.4 Å². The summed E-state index contributed by atoms with van der Waals surface area (Å²) < 4.78 is 44.2. The summed E-state index contributed by atoms with van der Waals surface area (Å²) >= 11 is 0. The van der Waals surface area contributed by atoms with Gasteiger partial charge >= 0.3 is 6.18 Å². The Morgan fingerprint density at radius 3 is 2.43 bits per heavy atom. The Balaban J connectivity index is 1.79. The maximum Gasteiger partial charge on any atom is 0.416 e. The number of allylic oxidation sites excluding steroid dienone is 1. The lowest BCUT2D eigenvalue weighted by molar-refractivity contribution is -0.385. The molecule has 1 heterocycles. The first kappa shape index (κ1) is 20.5. The number of benzene rings is 2. The molecule has 0 saturated carbocycles. The smallest absolute Gasteiger partial charge is 0.416 e. The van der Waals surface area contributed by atoms with E-state index in [-0.39, 0.29) is 22.7 Å². The molecule has 0 N–H and O–H groups in total. The summed E-state index contributed by atoms with van der Waals surface area (Å²) in [6.07, 6.45) is -1.97. The molecule has 30 heavy (non-hydrogen) atoms. The minimum absolute atomic E-state index is 0.0757. The monoisotopic (exact) mass is 411 g/mol. The molecular weight excluding hydrogens is 399 g/mol. The summed E-state index contributed by atoms with van der Waals surface area (Å²) in [5.41, 5.74) is -0.190. The molecule has 0 bridgehead atoms. The predicted octanol–water partition coefficient (Wildman–Crippen LogP) is 5.87. The number of hydrogen-bond acceptors (Lipinski definition) is 5. The SMILES string of the molecule is N#C/C(=C/c1ccc(Oc2ccc([N+](=O)[O-])cn2)cc1)c1cccc(C(F)(F)F)c1. The van der Waals surface area contributed by atoms with E-state index in [4.69, 9.17) is 4.74 Å². The van der Waals surface area contributed by atoms with E-state index in [2.05, 4.69) is 4.98 Å². The second-order valence-electron chi connectivity index (χ2n) is 6.03. The van der Waals surface area contributed by atoms with E-state index in [9.17, 15) is 28.5 Å². The van der Waals surface area contributed by atoms with E-state index < -0.39 is 16.7 Å². The molecule has 3 rings (SSSR count). The van der Waals surface area contributed by atoms with Crippen molar-refractivity contribution < 1.29 is 22.8 Å². The van der Waals surface area contributed by atoms with Crippen molar-refractivity contribution in [3.63, 3.8) is 0 Å². The summed E-state index contributed by atoms with van der Waals surface area (Å²) in [5, 5.41) is 20.0. The summed E-state index contributed by atoms with van der Waals surface area (Å²) in [7, 11) is 0. The van der Waals surface area contributed by atoms with Gasteiger partial charge in [-0.05, 0) is 41.5 Å². The van der Waals surface area contributed by atoms with Crippen LogP contribution >= 0.6 is 0 Å². The van der Waals surface area contributed by atoms with Gasteiger partial charge in [-0.3, -0.25) is 10.1 Å². The van der Waals surface area contributed by atoms with Crippen molar-refractivity contribution in [2.24, 2.45) is 0 Å². The van der Waals surface area contributed by atoms with Crippen LogP contribution in [0.5, 0.6) is 11.6 Å². The van der Waals surface area contributed by atoms with Gasteiger partial charge in [0.2, 0.25) is 5.88 Å². The van der Waals surface area contributed by atoms with Crippen LogP contribution in [0.15, 0.2) is 66.9 Å². The number of alkyl halides is 3. The molecule has 0 saturated heterocycles. The first-order chi connectivity index (χ1) is 14.3. The van der Waals surface area contributed by atoms with Crippen molar-refractivity contribution in [1.82, 2.24) is 4.98 Å². The van der Waals surface area contributed by atoms with E-state index in [1.54, 1.807) is 24.3 Å². The lowest BCUT2D eigenvalue weighted by Gasteiger charge is -2.08. The van der Waals surface area contributed by atoms with Crippen LogP contribution in [-0.2, 0) is 6.18 Å². The third-order valence-corrected chi connectivity index (χ3v) is 3.97. The number of ether oxygens (including phenoxy) is 1. The van der Waals surface area contributed by atoms with E-state index in [1.165, 1.54) is 30.3 Å². The minimum atomic E-state index is -4.50. The Kier molecular flexibility index (Phi) is 5.78. The molecular formula is C21H12F3N3O3. The van der Waals surface area contributed by atoms with Gasteiger partial charge in [0.05, 0.1) is 22.1 Å². The molecule has 1 aromatic heterocycles. The number of nitro groups is 1. The predicted molar refractivity (Wildman–Crippen MR) is 102 cm³/mol. The van der Waals surface area contributed by atoms with Crippen LogP contribution in [0.1, 0.15) is 16.7 Å². The largest absolute Gasteiger partial charge is 0.439 e. The van der Waals surface area contributed by atoms with Gasteiger partial charge in [0.15, 0.2) is 0 Å². The fraction of sp³-hybridized carbons (Fsp3) is 0.0476. The lowest BCUT2D eigenvalue weighted by atomic mass is 10.0. The van der Waals surface area contributed by atoms with Crippen LogP contribution in [0, 0.1) is 21.4 Å². The molecule has 0 atom stereocenters. The van der Waals surface area contributed by atoms with Gasteiger partial charge < -0.3 is 4.74 Å². The number of halogens is 3. The quantitative estimate of drug-likeness (QED) is 0.227. The lowest BCUT2D eigenvalue weighted by Crippen LogP contribution is -2.04. The van der Waals surface area contributed by atoms with Gasteiger partial charge in [-0.1, -0.05) is 24.3 Å². The normalized spacial score (nSPS) is 11.6. The fourth-order valence-corrected chi connectivity index (χ4v) is 2.50. The third-order valence-electron chi connectivity index (χ3n) is 3.97. The van der Waals surface area contributed by atoms with Crippen LogP contribution in [0.2, 0.25) is 0 Å². The maximum absolute atomic E-state index is 12.9. The second kappa shape index (κ2) is 8.45. The highest BCUT2D eigenvalue weighted by Crippen LogP contribution is 2.31. The molecule has 9 heteroatoms. The highest BCUT2D eigenvalue weighted by molar-refractivity contribution is 5.89. The Morgan fingerprint density at radius 1 is 1.13 bits per heavy atom. The standard InChI is InChI=1S/C21H12F3N3O3/c22-21(23,24)17-3-1-2-15(11-17)16(12-25)10-14-4-7-19(8-5-14)30-20-9-6-18(13-26-20)27(28)29/h1-11,13H/b16-10-. The highest BCUT2D eigenvalue weighted by Gasteiger charge is 2.30. The molecule has 150 valence electrons. The molecule has 0 radical (unpaired) electrons. The summed E-state index contributed by atoms with van der Waals surface area (Å²) in [4.78, 5) is 13.9. The van der Waals surface area contributed by atoms with Crippen molar-refractivity contribution in [2.75, 3.05) is 0 Å². The van der Waals surface area contributed by atoms with Gasteiger partial charge in [0, 0.05) is 12.1 Å². The van der Waals surface area contributed by atoms with Gasteiger partial charge in [-0.15, -0.1) is 0 Å². The molecule has 0 aliphatic rings. The van der Waals surface area contributed by atoms with Crippen LogP contribution < -0.4 is 4.74 Å². The Hall–Kier alpha value is -4.19. The van der Waals surface area contributed by atoms with Gasteiger partial charge in [0.1, 0.15) is 11.9 Å². The average molecular weight is 411 g/mol. The van der Waals surface area contributed by atoms with Crippen molar-refractivity contribution in [3.05, 3.63) is 93.7 Å². The van der Waals surface area contributed by atoms with Crippen molar-refractivity contribution in [2.45, 2.75) is 6.18 Å². The molecule has 0 unspecified atom stereocenters. The molecule has 0 amide bonds. The van der Waals surface area contributed by atoms with Crippen molar-refractivity contribution in [1.29, 1.82) is 5.26 Å². The zero-order valence-corrected chi connectivity index (χ0v) is 15.1. The first-order valence-corrected chi connectivity index (χ1v) is 8.44. The number of nitriles is 1. The van der Waals surface area contributed by atoms with E-state index in [0.29, 0.717) is 11.3 Å². The molecule has 6 nitrogen and oxygen atoms in total. The van der Waals surface area contributed by atoms with Gasteiger partial charge in [-0.25, -0.2) is 4.98 Å². The second-order valence-corrected chi connectivity index (χ2v) is 6.03. The zero-order valence-electron chi connectivity index (χ0n) is 15.1. The first-order valence-electron chi connectivity index (χ1n) is 8.44. The third kappa shape index (κ3) is 4.99. The summed E-state index contributed by atoms with van der Waals surface area (Å²) in [6, 6.07) is 15.5. The minimum Gasteiger partial charge on any atom is -0.439 e. The molecule has 0 spiro atoms. The van der Waals surface area contributed by atoms with E-state index in [1.807, 2.05) is 6.07 Å². The maximum atomic E-state index is 12.9. The van der Waals surface area contributed by atoms with Crippen LogP contribution in [0.4, 0.5) is 18.9 Å². The Bertz CT molecular complexity index is 1130. The summed E-state index contributed by atoms with van der Waals surface area (Å²) in [5.74, 6) is 0.552. The fourth-order valence-electron chi connectivity index (χ4n) is 2.50. The molecule has 0 aliphatic heterocycles. The topological polar surface area (TPSA) is 89.0 Å². The molecule has 2 aromatic carbocycles. The Labute approximate surface area is 168 Å².